The largest absolute Gasteiger partial charge is 0.454 e. The monoisotopic (exact) mass is 400 g/mol. The molecule has 0 amide bonds. The smallest absolute Gasteiger partial charge is 0.216 e. The van der Waals surface area contributed by atoms with Gasteiger partial charge >= 0.3 is 0 Å². The van der Waals surface area contributed by atoms with Gasteiger partial charge in [0.25, 0.3) is 0 Å². The van der Waals surface area contributed by atoms with E-state index >= 15 is 0 Å². The molecule has 0 aliphatic rings. The van der Waals surface area contributed by atoms with Crippen LogP contribution in [0.15, 0.2) is 71.3 Å². The molecule has 0 bridgehead atoms. The predicted octanol–water partition coefficient (Wildman–Crippen LogP) is 6.64. The van der Waals surface area contributed by atoms with Crippen molar-refractivity contribution < 1.29 is 17.8 Å². The van der Waals surface area contributed by atoms with E-state index in [1.165, 1.54) is 12.3 Å². The van der Waals surface area contributed by atoms with Crippen LogP contribution in [0.2, 0.25) is 0 Å². The van der Waals surface area contributed by atoms with Gasteiger partial charge in [-0.15, -0.1) is 0 Å². The van der Waals surface area contributed by atoms with Crippen LogP contribution in [0.5, 0.6) is 0 Å². The molecule has 2 nitrogen and oxygen atoms in total. The van der Waals surface area contributed by atoms with E-state index in [4.69, 9.17) is 4.42 Å². The maximum absolute atomic E-state index is 14.9. The van der Waals surface area contributed by atoms with Crippen LogP contribution < -0.4 is 4.57 Å². The van der Waals surface area contributed by atoms with Crippen LogP contribution in [0, 0.1) is 25.5 Å². The van der Waals surface area contributed by atoms with Crippen molar-refractivity contribution in [1.29, 1.82) is 0 Å². The maximum Gasteiger partial charge on any atom is 0.216 e. The van der Waals surface area contributed by atoms with Crippen molar-refractivity contribution in [3.05, 3.63) is 89.6 Å². The lowest BCUT2D eigenvalue weighted by Gasteiger charge is -2.06. The molecule has 0 saturated heterocycles. The molecule has 0 atom stereocenters. The number of furan rings is 1. The van der Waals surface area contributed by atoms with Crippen LogP contribution >= 0.6 is 0 Å². The Morgan fingerprint density at radius 2 is 1.40 bits per heavy atom. The molecule has 0 N–H and O–H groups in total. The summed E-state index contributed by atoms with van der Waals surface area (Å²) in [5.74, 6) is -0.585. The summed E-state index contributed by atoms with van der Waals surface area (Å²) < 4.78 is 37.1. The summed E-state index contributed by atoms with van der Waals surface area (Å²) in [5.41, 5.74) is 5.70. The summed E-state index contributed by atoms with van der Waals surface area (Å²) in [6.45, 7) is 3.75. The van der Waals surface area contributed by atoms with E-state index in [0.29, 0.717) is 22.3 Å². The summed E-state index contributed by atoms with van der Waals surface area (Å²) in [6.07, 6.45) is 1.47. The Morgan fingerprint density at radius 1 is 0.733 bits per heavy atom. The second-order valence-corrected chi connectivity index (χ2v) is 7.70. The first-order valence-electron chi connectivity index (χ1n) is 9.81. The molecular weight excluding hydrogens is 380 g/mol. The summed E-state index contributed by atoms with van der Waals surface area (Å²) in [4.78, 5) is 0. The van der Waals surface area contributed by atoms with Crippen LogP contribution in [0.25, 0.3) is 44.3 Å². The van der Waals surface area contributed by atoms with Gasteiger partial charge in [0.1, 0.15) is 24.0 Å². The topological polar surface area (TPSA) is 17.0 Å². The Balaban J connectivity index is 1.90. The van der Waals surface area contributed by atoms with E-state index in [-0.39, 0.29) is 11.6 Å². The van der Waals surface area contributed by atoms with Gasteiger partial charge < -0.3 is 4.42 Å². The summed E-state index contributed by atoms with van der Waals surface area (Å²) in [6, 6.07) is 18.5. The summed E-state index contributed by atoms with van der Waals surface area (Å²) in [7, 11) is 1.81. The third-order valence-electron chi connectivity index (χ3n) is 5.70. The molecule has 5 aromatic rings. The van der Waals surface area contributed by atoms with Crippen LogP contribution in [0.1, 0.15) is 11.1 Å². The van der Waals surface area contributed by atoms with Crippen molar-refractivity contribution in [2.24, 2.45) is 7.05 Å². The van der Waals surface area contributed by atoms with Crippen molar-refractivity contribution in [3.8, 4) is 22.4 Å². The van der Waals surface area contributed by atoms with Gasteiger partial charge in [-0.1, -0.05) is 42.5 Å². The van der Waals surface area contributed by atoms with Gasteiger partial charge in [0, 0.05) is 16.8 Å². The number of pyridine rings is 1. The highest BCUT2D eigenvalue weighted by Gasteiger charge is 2.24. The summed E-state index contributed by atoms with van der Waals surface area (Å²) >= 11 is 0. The second kappa shape index (κ2) is 6.77. The molecular formula is C26H20F2NO+. The number of benzene rings is 3. The highest BCUT2D eigenvalue weighted by Crippen LogP contribution is 2.41. The molecule has 2 aromatic heterocycles. The van der Waals surface area contributed by atoms with Crippen LogP contribution in [-0.4, -0.2) is 0 Å². The number of halogens is 2. The van der Waals surface area contributed by atoms with Gasteiger partial charge in [-0.3, -0.25) is 0 Å². The van der Waals surface area contributed by atoms with E-state index in [1.807, 2.05) is 62.5 Å². The minimum Gasteiger partial charge on any atom is -0.454 e. The average Bonchev–Trinajstić information content (AvgIpc) is 3.10. The number of hydrogen-bond acceptors (Lipinski definition) is 1. The van der Waals surface area contributed by atoms with Gasteiger partial charge in [-0.2, -0.15) is 4.57 Å². The number of rotatable bonds is 2. The molecule has 3 aromatic carbocycles. The molecule has 0 aliphatic heterocycles. The second-order valence-electron chi connectivity index (χ2n) is 7.70. The molecule has 0 aliphatic carbocycles. The van der Waals surface area contributed by atoms with Crippen molar-refractivity contribution in [2.45, 2.75) is 13.8 Å². The lowest BCUT2D eigenvalue weighted by atomic mass is 9.98. The van der Waals surface area contributed by atoms with E-state index in [2.05, 4.69) is 0 Å². The third-order valence-corrected chi connectivity index (χ3v) is 5.70. The number of nitrogens with zero attached hydrogens (tertiary/aromatic N) is 1. The molecule has 0 saturated carbocycles. The van der Waals surface area contributed by atoms with Gasteiger partial charge in [0.2, 0.25) is 11.9 Å². The van der Waals surface area contributed by atoms with E-state index in [1.54, 1.807) is 17.6 Å². The molecule has 4 heteroatoms. The quantitative estimate of drug-likeness (QED) is 0.304. The summed E-state index contributed by atoms with van der Waals surface area (Å²) in [5, 5.41) is 1.76. The van der Waals surface area contributed by atoms with Crippen LogP contribution in [-0.2, 0) is 7.05 Å². The number of hydrogen-bond donors (Lipinski definition) is 0. The Labute approximate surface area is 173 Å². The van der Waals surface area contributed by atoms with Gasteiger partial charge in [0.15, 0.2) is 5.82 Å². The van der Waals surface area contributed by atoms with Crippen LogP contribution in [0.3, 0.4) is 0 Å². The molecule has 0 spiro atoms. The fraction of sp³-hybridized carbons (Fsp3) is 0.115. The van der Waals surface area contributed by atoms with Crippen molar-refractivity contribution >= 4 is 21.9 Å². The minimum absolute atomic E-state index is 0.260. The third kappa shape index (κ3) is 2.71. The molecule has 0 radical (unpaired) electrons. The predicted molar refractivity (Wildman–Crippen MR) is 115 cm³/mol. The first kappa shape index (κ1) is 18.5. The van der Waals surface area contributed by atoms with Gasteiger partial charge in [-0.05, 0) is 42.7 Å². The molecule has 148 valence electrons. The normalized spacial score (nSPS) is 11.5. The highest BCUT2D eigenvalue weighted by atomic mass is 19.1. The first-order chi connectivity index (χ1) is 14.5. The minimum atomic E-state index is -0.325. The van der Waals surface area contributed by atoms with Crippen molar-refractivity contribution in [1.82, 2.24) is 0 Å². The zero-order valence-corrected chi connectivity index (χ0v) is 17.0. The van der Waals surface area contributed by atoms with E-state index in [0.717, 1.165) is 33.2 Å². The zero-order valence-electron chi connectivity index (χ0n) is 17.0. The van der Waals surface area contributed by atoms with E-state index < -0.39 is 0 Å². The Kier molecular flexibility index (Phi) is 4.17. The Hall–Kier alpha value is -3.53. The fourth-order valence-corrected chi connectivity index (χ4v) is 4.14. The average molecular weight is 400 g/mol. The first-order valence-corrected chi connectivity index (χ1v) is 9.81. The molecule has 2 heterocycles. The lowest BCUT2D eigenvalue weighted by Crippen LogP contribution is -2.31. The molecule has 0 fully saturated rings. The van der Waals surface area contributed by atoms with Crippen LogP contribution in [0.4, 0.5) is 8.78 Å². The SMILES string of the molecule is Cc1cc(-c2c(C)ccc3c2oc2c(-c4ccccc4)c(F)ccc23)[n+](C)cc1F. The van der Waals surface area contributed by atoms with E-state index in [9.17, 15) is 8.78 Å². The van der Waals surface area contributed by atoms with Gasteiger partial charge in [0.05, 0.1) is 11.1 Å². The highest BCUT2D eigenvalue weighted by molar-refractivity contribution is 6.13. The number of aromatic nitrogens is 1. The Morgan fingerprint density at radius 3 is 2.13 bits per heavy atom. The maximum atomic E-state index is 14.9. The number of fused-ring (bicyclic) bond motifs is 3. The molecule has 5 rings (SSSR count). The fourth-order valence-electron chi connectivity index (χ4n) is 4.14. The number of aryl methyl sites for hydroxylation is 3. The van der Waals surface area contributed by atoms with Crippen molar-refractivity contribution in [3.63, 3.8) is 0 Å². The van der Waals surface area contributed by atoms with Gasteiger partial charge in [-0.25, -0.2) is 8.78 Å². The van der Waals surface area contributed by atoms with Crippen molar-refractivity contribution in [2.75, 3.05) is 0 Å². The Bertz CT molecular complexity index is 1430. The molecule has 30 heavy (non-hydrogen) atoms. The molecule has 0 unspecified atom stereocenters. The lowest BCUT2D eigenvalue weighted by molar-refractivity contribution is -0.662. The zero-order chi connectivity index (χ0) is 21.0. The standard InChI is InChI=1S/C26H20F2NO/c1-15-9-10-18-19-11-12-20(27)24(17-7-5-4-6-8-17)26(19)30-25(18)23(15)22-13-16(2)21(28)14-29(22)3/h4-14H,1-3H3/q+1.